The quantitative estimate of drug-likeness (QED) is 0.498. The van der Waals surface area contributed by atoms with Gasteiger partial charge in [0, 0.05) is 12.6 Å². The van der Waals surface area contributed by atoms with Gasteiger partial charge in [0.05, 0.1) is 0 Å². The van der Waals surface area contributed by atoms with Crippen LogP contribution in [0.25, 0.3) is 0 Å². The highest BCUT2D eigenvalue weighted by Crippen LogP contribution is 2.23. The van der Waals surface area contributed by atoms with E-state index in [1.807, 2.05) is 6.08 Å². The maximum Gasteiger partial charge on any atom is 0.0132 e. The molecule has 1 aliphatic rings. The van der Waals surface area contributed by atoms with E-state index in [0.717, 1.165) is 18.5 Å². The highest BCUT2D eigenvalue weighted by molar-refractivity contribution is 4.78. The molecule has 0 heterocycles. The second-order valence-electron chi connectivity index (χ2n) is 3.95. The summed E-state index contributed by atoms with van der Waals surface area (Å²) in [7, 11) is 2.07. The average molecular weight is 182 g/mol. The van der Waals surface area contributed by atoms with Crippen molar-refractivity contribution in [2.45, 2.75) is 31.7 Å². The van der Waals surface area contributed by atoms with Crippen LogP contribution >= 0.6 is 0 Å². The lowest BCUT2D eigenvalue weighted by atomic mass is 9.86. The van der Waals surface area contributed by atoms with Crippen LogP contribution in [0.2, 0.25) is 0 Å². The molecule has 0 aliphatic heterocycles. The van der Waals surface area contributed by atoms with E-state index < -0.39 is 0 Å². The largest absolute Gasteiger partial charge is 0.317 e. The Hall–Kier alpha value is -0.340. The molecule has 2 nitrogen and oxygen atoms in total. The fourth-order valence-electron chi connectivity index (χ4n) is 2.04. The molecule has 0 atom stereocenters. The van der Waals surface area contributed by atoms with Crippen molar-refractivity contribution in [1.82, 2.24) is 10.6 Å². The molecular weight excluding hydrogens is 160 g/mol. The van der Waals surface area contributed by atoms with Gasteiger partial charge in [-0.25, -0.2) is 0 Å². The number of hydrogen-bond donors (Lipinski definition) is 2. The lowest BCUT2D eigenvalue weighted by molar-refractivity contribution is 0.295. The van der Waals surface area contributed by atoms with Gasteiger partial charge in [-0.1, -0.05) is 6.08 Å². The molecule has 0 spiro atoms. The fourth-order valence-corrected chi connectivity index (χ4v) is 2.04. The van der Waals surface area contributed by atoms with E-state index in [9.17, 15) is 0 Å². The van der Waals surface area contributed by atoms with Gasteiger partial charge in [0.15, 0.2) is 0 Å². The van der Waals surface area contributed by atoms with E-state index in [-0.39, 0.29) is 0 Å². The van der Waals surface area contributed by atoms with Gasteiger partial charge in [-0.05, 0) is 45.2 Å². The lowest BCUT2D eigenvalue weighted by Crippen LogP contribution is -2.33. The van der Waals surface area contributed by atoms with Crippen molar-refractivity contribution in [1.29, 1.82) is 0 Å². The summed E-state index contributed by atoms with van der Waals surface area (Å²) in [5.74, 6) is 0.893. The molecule has 0 amide bonds. The van der Waals surface area contributed by atoms with Crippen LogP contribution in [0.15, 0.2) is 12.7 Å². The summed E-state index contributed by atoms with van der Waals surface area (Å²) in [6.45, 7) is 5.82. The SMILES string of the molecule is C=CCNCC1CCC(NC)CC1. The van der Waals surface area contributed by atoms with E-state index in [0.29, 0.717) is 0 Å². The van der Waals surface area contributed by atoms with Gasteiger partial charge >= 0.3 is 0 Å². The van der Waals surface area contributed by atoms with Gasteiger partial charge in [-0.3, -0.25) is 0 Å². The summed E-state index contributed by atoms with van der Waals surface area (Å²) >= 11 is 0. The Morgan fingerprint density at radius 2 is 2.00 bits per heavy atom. The Bertz CT molecular complexity index is 137. The molecule has 1 rings (SSSR count). The molecule has 0 aromatic carbocycles. The van der Waals surface area contributed by atoms with Crippen molar-refractivity contribution in [3.8, 4) is 0 Å². The predicted octanol–water partition coefficient (Wildman–Crippen LogP) is 1.54. The third-order valence-electron chi connectivity index (χ3n) is 2.98. The van der Waals surface area contributed by atoms with Crippen molar-refractivity contribution in [3.63, 3.8) is 0 Å². The second-order valence-corrected chi connectivity index (χ2v) is 3.95. The van der Waals surface area contributed by atoms with Gasteiger partial charge in [0.1, 0.15) is 0 Å². The lowest BCUT2D eigenvalue weighted by Gasteiger charge is -2.28. The number of nitrogens with one attached hydrogen (secondary N) is 2. The molecule has 0 aromatic rings. The summed E-state index contributed by atoms with van der Waals surface area (Å²) in [5, 5.41) is 6.75. The molecule has 13 heavy (non-hydrogen) atoms. The minimum atomic E-state index is 0.774. The standard InChI is InChI=1S/C11H22N2/c1-3-8-13-9-10-4-6-11(12-2)7-5-10/h3,10-13H,1,4-9H2,2H3. The molecule has 0 unspecified atom stereocenters. The van der Waals surface area contributed by atoms with Crippen LogP contribution in [0.5, 0.6) is 0 Å². The highest BCUT2D eigenvalue weighted by Gasteiger charge is 2.18. The second kappa shape index (κ2) is 6.17. The first-order valence-corrected chi connectivity index (χ1v) is 5.35. The van der Waals surface area contributed by atoms with Crippen molar-refractivity contribution >= 4 is 0 Å². The molecule has 2 heteroatoms. The van der Waals surface area contributed by atoms with Gasteiger partial charge in [-0.2, -0.15) is 0 Å². The maximum atomic E-state index is 3.70. The monoisotopic (exact) mass is 182 g/mol. The van der Waals surface area contributed by atoms with E-state index in [4.69, 9.17) is 0 Å². The van der Waals surface area contributed by atoms with Crippen molar-refractivity contribution < 1.29 is 0 Å². The molecule has 0 saturated heterocycles. The van der Waals surface area contributed by atoms with Gasteiger partial charge in [0.2, 0.25) is 0 Å². The van der Waals surface area contributed by atoms with Crippen LogP contribution in [0.4, 0.5) is 0 Å². The predicted molar refractivity (Wildman–Crippen MR) is 57.9 cm³/mol. The minimum Gasteiger partial charge on any atom is -0.317 e. The molecular formula is C11H22N2. The Labute approximate surface area is 81.8 Å². The minimum absolute atomic E-state index is 0.774. The maximum absolute atomic E-state index is 3.70. The smallest absolute Gasteiger partial charge is 0.0132 e. The number of rotatable bonds is 5. The molecule has 0 bridgehead atoms. The zero-order valence-corrected chi connectivity index (χ0v) is 8.68. The number of hydrogen-bond acceptors (Lipinski definition) is 2. The molecule has 0 radical (unpaired) electrons. The normalized spacial score (nSPS) is 28.7. The van der Waals surface area contributed by atoms with Crippen molar-refractivity contribution in [2.75, 3.05) is 20.1 Å². The topological polar surface area (TPSA) is 24.1 Å². The Morgan fingerprint density at radius 3 is 2.54 bits per heavy atom. The zero-order chi connectivity index (χ0) is 9.52. The van der Waals surface area contributed by atoms with Crippen LogP contribution in [-0.2, 0) is 0 Å². The van der Waals surface area contributed by atoms with Gasteiger partial charge < -0.3 is 10.6 Å². The van der Waals surface area contributed by atoms with Crippen LogP contribution in [-0.4, -0.2) is 26.2 Å². The highest BCUT2D eigenvalue weighted by atomic mass is 14.9. The first-order chi connectivity index (χ1) is 6.36. The zero-order valence-electron chi connectivity index (χ0n) is 8.68. The van der Waals surface area contributed by atoms with Crippen LogP contribution in [0.1, 0.15) is 25.7 Å². The summed E-state index contributed by atoms with van der Waals surface area (Å²) in [6, 6.07) is 0.774. The van der Waals surface area contributed by atoms with Gasteiger partial charge in [0.25, 0.3) is 0 Å². The Kier molecular flexibility index (Phi) is 5.09. The van der Waals surface area contributed by atoms with E-state index in [1.165, 1.54) is 32.2 Å². The average Bonchev–Trinajstić information content (AvgIpc) is 2.19. The third kappa shape index (κ3) is 3.92. The van der Waals surface area contributed by atoms with E-state index in [1.54, 1.807) is 0 Å². The summed E-state index contributed by atoms with van der Waals surface area (Å²) in [6.07, 6.45) is 7.36. The first kappa shape index (κ1) is 10.7. The Morgan fingerprint density at radius 1 is 1.31 bits per heavy atom. The molecule has 1 fully saturated rings. The van der Waals surface area contributed by atoms with Crippen LogP contribution in [0, 0.1) is 5.92 Å². The fraction of sp³-hybridized carbons (Fsp3) is 0.818. The third-order valence-corrected chi connectivity index (χ3v) is 2.98. The van der Waals surface area contributed by atoms with Gasteiger partial charge in [-0.15, -0.1) is 6.58 Å². The molecule has 1 aliphatic carbocycles. The first-order valence-electron chi connectivity index (χ1n) is 5.35. The Balaban J connectivity index is 2.06. The van der Waals surface area contributed by atoms with Crippen LogP contribution in [0.3, 0.4) is 0 Å². The molecule has 1 saturated carbocycles. The van der Waals surface area contributed by atoms with E-state index in [2.05, 4.69) is 24.3 Å². The molecule has 2 N–H and O–H groups in total. The van der Waals surface area contributed by atoms with Crippen molar-refractivity contribution in [3.05, 3.63) is 12.7 Å². The summed E-state index contributed by atoms with van der Waals surface area (Å²) < 4.78 is 0. The van der Waals surface area contributed by atoms with Crippen molar-refractivity contribution in [2.24, 2.45) is 5.92 Å². The van der Waals surface area contributed by atoms with E-state index >= 15 is 0 Å². The van der Waals surface area contributed by atoms with Crippen LogP contribution < -0.4 is 10.6 Å². The molecule has 76 valence electrons. The summed E-state index contributed by atoms with van der Waals surface area (Å²) in [4.78, 5) is 0. The summed E-state index contributed by atoms with van der Waals surface area (Å²) in [5.41, 5.74) is 0. The molecule has 0 aromatic heterocycles.